The molecule has 0 aliphatic rings. The van der Waals surface area contributed by atoms with E-state index in [1.165, 1.54) is 53.2 Å². The number of benzene rings is 9. The van der Waals surface area contributed by atoms with Crippen LogP contribution in [0, 0.1) is 0 Å². The maximum Gasteiger partial charge on any atom is 0.143 e. The second-order valence-corrected chi connectivity index (χ2v) is 15.2. The summed E-state index contributed by atoms with van der Waals surface area (Å²) in [5.41, 5.74) is 12.0. The van der Waals surface area contributed by atoms with Gasteiger partial charge >= 0.3 is 0 Å². The lowest BCUT2D eigenvalue weighted by atomic mass is 9.99. The molecule has 0 saturated carbocycles. The van der Waals surface area contributed by atoms with E-state index in [0.717, 1.165) is 50.1 Å². The summed E-state index contributed by atoms with van der Waals surface area (Å²) < 4.78 is 9.06. The van der Waals surface area contributed by atoms with Crippen molar-refractivity contribution in [3.63, 3.8) is 0 Å². The van der Waals surface area contributed by atoms with Crippen LogP contribution in [0.5, 0.6) is 0 Å². The standard InChI is InChI=1S/C52H33NOS/c1-2-11-36-30-39(23-22-34(36)10-1)37-12-7-14-42(31-37)53(41-27-24-35(25-28-41)44-18-9-19-47-45-16-3-5-20-49(45)54-52(44)47)43-15-8-13-38(32-43)40-26-29-51-48(33-40)46-17-4-6-21-50(46)55-51/h1-33H. The predicted molar refractivity (Wildman–Crippen MR) is 235 cm³/mol. The first-order valence-corrected chi connectivity index (χ1v) is 19.5. The van der Waals surface area contributed by atoms with Crippen molar-refractivity contribution in [2.24, 2.45) is 0 Å². The number of hydrogen-bond acceptors (Lipinski definition) is 3. The Hall–Kier alpha value is -6.94. The fourth-order valence-corrected chi connectivity index (χ4v) is 9.22. The van der Waals surface area contributed by atoms with E-state index in [1.54, 1.807) is 0 Å². The van der Waals surface area contributed by atoms with Gasteiger partial charge in [-0.2, -0.15) is 0 Å². The minimum atomic E-state index is 0.908. The van der Waals surface area contributed by atoms with Gasteiger partial charge in [-0.3, -0.25) is 0 Å². The third kappa shape index (κ3) is 5.48. The normalized spacial score (nSPS) is 11.6. The monoisotopic (exact) mass is 719 g/mol. The molecule has 3 heteroatoms. The van der Waals surface area contributed by atoms with Crippen molar-refractivity contribution >= 4 is 81.3 Å². The molecule has 0 N–H and O–H groups in total. The molecule has 0 fully saturated rings. The van der Waals surface area contributed by atoms with Crippen molar-refractivity contribution in [1.82, 2.24) is 0 Å². The van der Waals surface area contributed by atoms with Crippen LogP contribution < -0.4 is 4.90 Å². The first-order chi connectivity index (χ1) is 27.2. The zero-order valence-corrected chi connectivity index (χ0v) is 30.6. The smallest absolute Gasteiger partial charge is 0.143 e. The molecule has 0 atom stereocenters. The van der Waals surface area contributed by atoms with Gasteiger partial charge in [0.05, 0.1) is 0 Å². The fourth-order valence-electron chi connectivity index (χ4n) is 8.14. The fraction of sp³-hybridized carbons (Fsp3) is 0. The van der Waals surface area contributed by atoms with Crippen LogP contribution in [0.2, 0.25) is 0 Å². The van der Waals surface area contributed by atoms with E-state index >= 15 is 0 Å². The average molecular weight is 720 g/mol. The van der Waals surface area contributed by atoms with Gasteiger partial charge in [-0.05, 0) is 105 Å². The molecule has 2 aromatic heterocycles. The van der Waals surface area contributed by atoms with Gasteiger partial charge in [0.15, 0.2) is 0 Å². The lowest BCUT2D eigenvalue weighted by molar-refractivity contribution is 0.670. The second-order valence-electron chi connectivity index (χ2n) is 14.1. The van der Waals surface area contributed by atoms with E-state index in [-0.39, 0.29) is 0 Å². The van der Waals surface area contributed by atoms with Crippen LogP contribution in [0.25, 0.3) is 86.3 Å². The SMILES string of the molecule is c1cc(-c2ccc3ccccc3c2)cc(N(c2ccc(-c3cccc4c3oc3ccccc34)cc2)c2cccc(-c3ccc4sc5ccccc5c4c3)c2)c1. The first kappa shape index (κ1) is 31.6. The lowest BCUT2D eigenvalue weighted by Gasteiger charge is -2.27. The van der Waals surface area contributed by atoms with Crippen molar-refractivity contribution in [2.75, 3.05) is 4.90 Å². The number of fused-ring (bicyclic) bond motifs is 7. The number of thiophene rings is 1. The zero-order valence-electron chi connectivity index (χ0n) is 29.8. The molecule has 11 rings (SSSR count). The number of anilines is 3. The Morgan fingerprint density at radius 1 is 0.345 bits per heavy atom. The molecule has 0 spiro atoms. The highest BCUT2D eigenvalue weighted by molar-refractivity contribution is 7.25. The van der Waals surface area contributed by atoms with Crippen LogP contribution in [0.3, 0.4) is 0 Å². The molecule has 55 heavy (non-hydrogen) atoms. The van der Waals surface area contributed by atoms with E-state index in [0.29, 0.717) is 0 Å². The Kier molecular flexibility index (Phi) is 7.39. The van der Waals surface area contributed by atoms with E-state index in [2.05, 4.69) is 193 Å². The molecule has 0 saturated heterocycles. The lowest BCUT2D eigenvalue weighted by Crippen LogP contribution is -2.10. The Morgan fingerprint density at radius 2 is 0.945 bits per heavy atom. The maximum absolute atomic E-state index is 6.43. The molecule has 11 aromatic rings. The van der Waals surface area contributed by atoms with Crippen molar-refractivity contribution in [1.29, 1.82) is 0 Å². The molecule has 0 radical (unpaired) electrons. The molecule has 258 valence electrons. The number of para-hydroxylation sites is 2. The van der Waals surface area contributed by atoms with Crippen LogP contribution >= 0.6 is 11.3 Å². The number of rotatable bonds is 6. The highest BCUT2D eigenvalue weighted by Crippen LogP contribution is 2.42. The molecule has 0 amide bonds. The number of furan rings is 1. The molecule has 0 unspecified atom stereocenters. The van der Waals surface area contributed by atoms with Gasteiger partial charge in [0.1, 0.15) is 11.2 Å². The maximum atomic E-state index is 6.43. The van der Waals surface area contributed by atoms with Crippen LogP contribution in [0.1, 0.15) is 0 Å². The van der Waals surface area contributed by atoms with Crippen molar-refractivity contribution in [3.05, 3.63) is 200 Å². The van der Waals surface area contributed by atoms with Gasteiger partial charge < -0.3 is 9.32 Å². The van der Waals surface area contributed by atoms with Gasteiger partial charge in [-0.25, -0.2) is 0 Å². The Bertz CT molecular complexity index is 3220. The Labute approximate surface area is 322 Å². The van der Waals surface area contributed by atoms with Gasteiger partial charge in [0, 0.05) is 53.6 Å². The van der Waals surface area contributed by atoms with Crippen LogP contribution in [0.4, 0.5) is 17.1 Å². The van der Waals surface area contributed by atoms with Crippen molar-refractivity contribution in [2.45, 2.75) is 0 Å². The molecule has 9 aromatic carbocycles. The largest absolute Gasteiger partial charge is 0.455 e. The van der Waals surface area contributed by atoms with E-state index in [4.69, 9.17) is 4.42 Å². The molecule has 0 aliphatic heterocycles. The van der Waals surface area contributed by atoms with Crippen molar-refractivity contribution in [3.8, 4) is 33.4 Å². The van der Waals surface area contributed by atoms with E-state index in [1.807, 2.05) is 23.5 Å². The van der Waals surface area contributed by atoms with Gasteiger partial charge in [-0.15, -0.1) is 11.3 Å². The highest BCUT2D eigenvalue weighted by atomic mass is 32.1. The average Bonchev–Trinajstić information content (AvgIpc) is 3.82. The minimum absolute atomic E-state index is 0.908. The quantitative estimate of drug-likeness (QED) is 0.170. The van der Waals surface area contributed by atoms with E-state index < -0.39 is 0 Å². The van der Waals surface area contributed by atoms with Crippen LogP contribution in [0.15, 0.2) is 205 Å². The third-order valence-electron chi connectivity index (χ3n) is 10.8. The molecule has 2 nitrogen and oxygen atoms in total. The van der Waals surface area contributed by atoms with Gasteiger partial charge in [-0.1, -0.05) is 133 Å². The molecule has 0 aliphatic carbocycles. The van der Waals surface area contributed by atoms with Crippen molar-refractivity contribution < 1.29 is 4.42 Å². The summed E-state index contributed by atoms with van der Waals surface area (Å²) in [5.74, 6) is 0. The summed E-state index contributed by atoms with van der Waals surface area (Å²) in [6.07, 6.45) is 0. The molecular formula is C52H33NOS. The molecule has 0 bridgehead atoms. The molecular weight excluding hydrogens is 687 g/mol. The number of nitrogens with zero attached hydrogens (tertiary/aromatic N) is 1. The number of hydrogen-bond donors (Lipinski definition) is 0. The predicted octanol–water partition coefficient (Wildman–Crippen LogP) is 15.6. The summed E-state index contributed by atoms with van der Waals surface area (Å²) in [4.78, 5) is 2.37. The highest BCUT2D eigenvalue weighted by Gasteiger charge is 2.17. The zero-order chi connectivity index (χ0) is 36.3. The summed E-state index contributed by atoms with van der Waals surface area (Å²) in [5, 5.41) is 7.37. The summed E-state index contributed by atoms with van der Waals surface area (Å²) >= 11 is 1.85. The third-order valence-corrected chi connectivity index (χ3v) is 12.0. The summed E-state index contributed by atoms with van der Waals surface area (Å²) in [6, 6.07) is 72.3. The first-order valence-electron chi connectivity index (χ1n) is 18.7. The molecule has 2 heterocycles. The van der Waals surface area contributed by atoms with Crippen LogP contribution in [-0.4, -0.2) is 0 Å². The second kappa shape index (κ2) is 12.9. The Balaban J connectivity index is 1.04. The van der Waals surface area contributed by atoms with Gasteiger partial charge in [0.2, 0.25) is 0 Å². The van der Waals surface area contributed by atoms with Gasteiger partial charge in [0.25, 0.3) is 0 Å². The summed E-state index contributed by atoms with van der Waals surface area (Å²) in [6.45, 7) is 0. The summed E-state index contributed by atoms with van der Waals surface area (Å²) in [7, 11) is 0. The van der Waals surface area contributed by atoms with E-state index in [9.17, 15) is 0 Å². The topological polar surface area (TPSA) is 16.4 Å². The minimum Gasteiger partial charge on any atom is -0.455 e. The Morgan fingerprint density at radius 3 is 1.76 bits per heavy atom. The van der Waals surface area contributed by atoms with Crippen LogP contribution in [-0.2, 0) is 0 Å².